The van der Waals surface area contributed by atoms with Gasteiger partial charge >= 0.3 is 0 Å². The topological polar surface area (TPSA) is 72.4 Å². The SMILES string of the molecule is COc1ccc(C)cc1S(=O)(=O)N1CCc2[c]ncnc2C1. The number of nitrogens with zero attached hydrogens (tertiary/aromatic N) is 3. The average molecular weight is 318 g/mol. The molecule has 0 atom stereocenters. The van der Waals surface area contributed by atoms with Crippen LogP contribution >= 0.6 is 0 Å². The fourth-order valence-corrected chi connectivity index (χ4v) is 4.14. The summed E-state index contributed by atoms with van der Waals surface area (Å²) >= 11 is 0. The minimum absolute atomic E-state index is 0.191. The molecule has 1 aromatic carbocycles. The van der Waals surface area contributed by atoms with Crippen molar-refractivity contribution in [2.24, 2.45) is 0 Å². The Morgan fingerprint density at radius 3 is 2.95 bits per heavy atom. The second kappa shape index (κ2) is 5.66. The van der Waals surface area contributed by atoms with Crippen LogP contribution in [0.4, 0.5) is 0 Å². The first-order valence-electron chi connectivity index (χ1n) is 6.87. The lowest BCUT2D eigenvalue weighted by atomic mass is 10.1. The van der Waals surface area contributed by atoms with E-state index in [1.807, 2.05) is 13.0 Å². The van der Waals surface area contributed by atoms with E-state index in [2.05, 4.69) is 16.2 Å². The quantitative estimate of drug-likeness (QED) is 0.854. The summed E-state index contributed by atoms with van der Waals surface area (Å²) in [4.78, 5) is 8.21. The van der Waals surface area contributed by atoms with Gasteiger partial charge in [0.2, 0.25) is 10.0 Å². The fraction of sp³-hybridized carbons (Fsp3) is 0.333. The van der Waals surface area contributed by atoms with Gasteiger partial charge in [0, 0.05) is 12.1 Å². The van der Waals surface area contributed by atoms with E-state index < -0.39 is 10.0 Å². The molecule has 0 saturated carbocycles. The number of hydrogen-bond donors (Lipinski definition) is 0. The summed E-state index contributed by atoms with van der Waals surface area (Å²) in [6.45, 7) is 2.47. The van der Waals surface area contributed by atoms with E-state index in [1.54, 1.807) is 12.1 Å². The van der Waals surface area contributed by atoms with Gasteiger partial charge in [-0.15, -0.1) is 0 Å². The zero-order chi connectivity index (χ0) is 15.7. The predicted octanol–water partition coefficient (Wildman–Crippen LogP) is 1.34. The summed E-state index contributed by atoms with van der Waals surface area (Å²) in [6, 6.07) is 5.14. The van der Waals surface area contributed by atoms with Crippen LogP contribution in [0.15, 0.2) is 29.4 Å². The Morgan fingerprint density at radius 2 is 2.18 bits per heavy atom. The van der Waals surface area contributed by atoms with Crippen molar-refractivity contribution in [1.82, 2.24) is 14.3 Å². The van der Waals surface area contributed by atoms with Gasteiger partial charge in [0.25, 0.3) is 0 Å². The summed E-state index contributed by atoms with van der Waals surface area (Å²) in [6.07, 6.45) is 4.82. The normalized spacial score (nSPS) is 15.4. The lowest BCUT2D eigenvalue weighted by molar-refractivity contribution is 0.373. The van der Waals surface area contributed by atoms with Crippen molar-refractivity contribution in [2.75, 3.05) is 13.7 Å². The Morgan fingerprint density at radius 1 is 1.36 bits per heavy atom. The maximum Gasteiger partial charge on any atom is 0.247 e. The Balaban J connectivity index is 2.00. The number of sulfonamides is 1. The third-order valence-electron chi connectivity index (χ3n) is 3.69. The Hall–Kier alpha value is -1.99. The Kier molecular flexibility index (Phi) is 3.84. The minimum atomic E-state index is -3.64. The number of aromatic nitrogens is 2. The Bertz CT molecular complexity index is 805. The van der Waals surface area contributed by atoms with Gasteiger partial charge < -0.3 is 4.74 Å². The molecule has 3 rings (SSSR count). The van der Waals surface area contributed by atoms with Crippen LogP contribution in [0.25, 0.3) is 0 Å². The third-order valence-corrected chi connectivity index (χ3v) is 5.56. The van der Waals surface area contributed by atoms with Crippen LogP contribution in [0, 0.1) is 13.1 Å². The van der Waals surface area contributed by atoms with Gasteiger partial charge in [-0.05, 0) is 31.0 Å². The van der Waals surface area contributed by atoms with Crippen LogP contribution in [0.2, 0.25) is 0 Å². The summed E-state index contributed by atoms with van der Waals surface area (Å²) in [5.41, 5.74) is 2.45. The highest BCUT2D eigenvalue weighted by Gasteiger charge is 2.31. The lowest BCUT2D eigenvalue weighted by Crippen LogP contribution is -2.36. The monoisotopic (exact) mass is 318 g/mol. The second-order valence-electron chi connectivity index (χ2n) is 5.15. The maximum absolute atomic E-state index is 12.9. The summed E-state index contributed by atoms with van der Waals surface area (Å²) in [7, 11) is -2.17. The van der Waals surface area contributed by atoms with Crippen molar-refractivity contribution >= 4 is 10.0 Å². The van der Waals surface area contributed by atoms with Gasteiger partial charge in [0.15, 0.2) is 0 Å². The highest BCUT2D eigenvalue weighted by molar-refractivity contribution is 7.89. The first-order chi connectivity index (χ1) is 10.5. The molecule has 0 amide bonds. The number of ether oxygens (including phenoxy) is 1. The lowest BCUT2D eigenvalue weighted by Gasteiger charge is -2.27. The molecule has 0 saturated heterocycles. The van der Waals surface area contributed by atoms with Gasteiger partial charge in [-0.1, -0.05) is 6.07 Å². The number of rotatable bonds is 3. The van der Waals surface area contributed by atoms with Crippen molar-refractivity contribution in [3.63, 3.8) is 0 Å². The van der Waals surface area contributed by atoms with Crippen molar-refractivity contribution < 1.29 is 13.2 Å². The molecule has 0 unspecified atom stereocenters. The molecule has 7 heteroatoms. The van der Waals surface area contributed by atoms with Crippen LogP contribution in [-0.2, 0) is 23.0 Å². The van der Waals surface area contributed by atoms with Crippen LogP contribution in [0.1, 0.15) is 16.8 Å². The molecule has 2 aromatic rings. The molecule has 22 heavy (non-hydrogen) atoms. The molecule has 1 aromatic heterocycles. The number of hydrogen-bond acceptors (Lipinski definition) is 5. The molecule has 2 heterocycles. The summed E-state index contributed by atoms with van der Waals surface area (Å²) in [5.74, 6) is 0.352. The molecule has 6 nitrogen and oxygen atoms in total. The molecule has 0 bridgehead atoms. The first-order valence-corrected chi connectivity index (χ1v) is 8.31. The molecule has 0 fully saturated rings. The highest BCUT2D eigenvalue weighted by Crippen LogP contribution is 2.30. The zero-order valence-electron chi connectivity index (χ0n) is 12.4. The van der Waals surface area contributed by atoms with Crippen molar-refractivity contribution in [1.29, 1.82) is 0 Å². The molecule has 1 radical (unpaired) electrons. The molecule has 0 spiro atoms. The van der Waals surface area contributed by atoms with E-state index in [4.69, 9.17) is 4.74 Å². The van der Waals surface area contributed by atoms with Crippen LogP contribution in [0.3, 0.4) is 0 Å². The van der Waals surface area contributed by atoms with E-state index in [0.29, 0.717) is 24.4 Å². The Labute approximate surface area is 129 Å². The smallest absolute Gasteiger partial charge is 0.247 e. The molecule has 0 aliphatic carbocycles. The van der Waals surface area contributed by atoms with E-state index in [-0.39, 0.29) is 11.4 Å². The summed E-state index contributed by atoms with van der Waals surface area (Å²) in [5, 5.41) is 0. The molecule has 0 N–H and O–H groups in total. The highest BCUT2D eigenvalue weighted by atomic mass is 32.2. The number of benzene rings is 1. The van der Waals surface area contributed by atoms with Gasteiger partial charge in [0.1, 0.15) is 17.0 Å². The first kappa shape index (κ1) is 14.9. The number of aryl methyl sites for hydroxylation is 1. The standard InChI is InChI=1S/C15H16N3O3S/c1-11-3-4-14(21-2)15(7-11)22(19,20)18-6-5-12-8-16-10-17-13(12)9-18/h3-4,7,10H,5-6,9H2,1-2H3. The van der Waals surface area contributed by atoms with Crippen molar-refractivity contribution in [3.8, 4) is 5.75 Å². The van der Waals surface area contributed by atoms with Crippen LogP contribution in [0.5, 0.6) is 5.75 Å². The number of fused-ring (bicyclic) bond motifs is 1. The number of methoxy groups -OCH3 is 1. The molecule has 115 valence electrons. The van der Waals surface area contributed by atoms with Crippen LogP contribution < -0.4 is 4.74 Å². The van der Waals surface area contributed by atoms with E-state index in [0.717, 1.165) is 11.1 Å². The predicted molar refractivity (Wildman–Crippen MR) is 79.9 cm³/mol. The maximum atomic E-state index is 12.9. The van der Waals surface area contributed by atoms with Crippen molar-refractivity contribution in [3.05, 3.63) is 47.5 Å². The minimum Gasteiger partial charge on any atom is -0.495 e. The largest absolute Gasteiger partial charge is 0.495 e. The van der Waals surface area contributed by atoms with E-state index in [9.17, 15) is 8.42 Å². The van der Waals surface area contributed by atoms with Crippen molar-refractivity contribution in [2.45, 2.75) is 24.8 Å². The molecule has 1 aliphatic rings. The van der Waals surface area contributed by atoms with Gasteiger partial charge in [-0.3, -0.25) is 0 Å². The van der Waals surface area contributed by atoms with Gasteiger partial charge in [-0.2, -0.15) is 4.31 Å². The van der Waals surface area contributed by atoms with Gasteiger partial charge in [-0.25, -0.2) is 18.4 Å². The third kappa shape index (κ3) is 2.57. The molecule has 1 aliphatic heterocycles. The van der Waals surface area contributed by atoms with Crippen LogP contribution in [-0.4, -0.2) is 36.3 Å². The summed E-state index contributed by atoms with van der Waals surface area (Å²) < 4.78 is 32.5. The fourth-order valence-electron chi connectivity index (χ4n) is 2.50. The molecular formula is C15H16N3O3S. The zero-order valence-corrected chi connectivity index (χ0v) is 13.2. The van der Waals surface area contributed by atoms with Gasteiger partial charge in [0.05, 0.1) is 25.5 Å². The van der Waals surface area contributed by atoms with E-state index in [1.165, 1.54) is 17.7 Å². The second-order valence-corrected chi connectivity index (χ2v) is 7.06. The molecular weight excluding hydrogens is 302 g/mol. The average Bonchev–Trinajstić information content (AvgIpc) is 2.54. The van der Waals surface area contributed by atoms with E-state index >= 15 is 0 Å².